The molecule has 0 amide bonds. The highest BCUT2D eigenvalue weighted by molar-refractivity contribution is 7.12. The molecule has 2 aromatic rings. The van der Waals surface area contributed by atoms with Crippen molar-refractivity contribution < 1.29 is 0 Å². The first-order valence-electron chi connectivity index (χ1n) is 2.91. The van der Waals surface area contributed by atoms with Gasteiger partial charge in [0, 0.05) is 17.8 Å². The van der Waals surface area contributed by atoms with Gasteiger partial charge in [-0.15, -0.1) is 11.3 Å². The molecule has 0 aliphatic carbocycles. The predicted molar refractivity (Wildman–Crippen MR) is 40.3 cm³/mol. The van der Waals surface area contributed by atoms with Gasteiger partial charge in [0.2, 0.25) is 0 Å². The SMILES string of the molecule is [c]1ccc(-n2ccnc2)s1. The number of thiophene rings is 1. The zero-order chi connectivity index (χ0) is 6.81. The van der Waals surface area contributed by atoms with Crippen LogP contribution in [-0.2, 0) is 0 Å². The fourth-order valence-corrected chi connectivity index (χ4v) is 1.37. The molecule has 0 fully saturated rings. The molecule has 0 saturated heterocycles. The predicted octanol–water partition coefficient (Wildman–Crippen LogP) is 1.73. The molecule has 2 aromatic heterocycles. The Morgan fingerprint density at radius 1 is 1.60 bits per heavy atom. The van der Waals surface area contributed by atoms with E-state index in [1.165, 1.54) is 0 Å². The molecule has 10 heavy (non-hydrogen) atoms. The minimum absolute atomic E-state index is 1.15. The van der Waals surface area contributed by atoms with Crippen molar-refractivity contribution in [3.63, 3.8) is 0 Å². The minimum atomic E-state index is 1.15. The minimum Gasteiger partial charge on any atom is -0.298 e. The van der Waals surface area contributed by atoms with E-state index in [1.54, 1.807) is 23.9 Å². The first-order chi connectivity index (χ1) is 4.97. The van der Waals surface area contributed by atoms with Gasteiger partial charge in [-0.1, -0.05) is 0 Å². The fourth-order valence-electron chi connectivity index (χ4n) is 0.762. The lowest BCUT2D eigenvalue weighted by Gasteiger charge is -1.91. The molecule has 0 aromatic carbocycles. The smallest absolute Gasteiger partial charge is 0.101 e. The number of hydrogen-bond donors (Lipinski definition) is 0. The van der Waals surface area contributed by atoms with E-state index in [0.29, 0.717) is 0 Å². The molecule has 0 spiro atoms. The average Bonchev–Trinajstić information content (AvgIpc) is 2.59. The molecule has 0 aliphatic rings. The summed E-state index contributed by atoms with van der Waals surface area (Å²) >= 11 is 1.58. The maximum atomic E-state index is 3.93. The van der Waals surface area contributed by atoms with Gasteiger partial charge in [0.15, 0.2) is 0 Å². The summed E-state index contributed by atoms with van der Waals surface area (Å²) in [4.78, 5) is 3.93. The van der Waals surface area contributed by atoms with Crippen molar-refractivity contribution in [2.75, 3.05) is 0 Å². The van der Waals surface area contributed by atoms with Gasteiger partial charge in [-0.3, -0.25) is 4.57 Å². The summed E-state index contributed by atoms with van der Waals surface area (Å²) in [6.07, 6.45) is 5.46. The molecule has 2 nitrogen and oxygen atoms in total. The summed E-state index contributed by atoms with van der Waals surface area (Å²) in [5.74, 6) is 0. The second-order valence-corrected chi connectivity index (χ2v) is 2.72. The van der Waals surface area contributed by atoms with Gasteiger partial charge in [-0.2, -0.15) is 0 Å². The summed E-state index contributed by atoms with van der Waals surface area (Å²) in [7, 11) is 0. The quantitative estimate of drug-likeness (QED) is 0.603. The molecule has 3 heteroatoms. The van der Waals surface area contributed by atoms with E-state index in [1.807, 2.05) is 22.9 Å². The number of aromatic nitrogens is 2. The number of rotatable bonds is 1. The van der Waals surface area contributed by atoms with Crippen LogP contribution in [0, 0.1) is 5.38 Å². The Balaban J connectivity index is 2.48. The van der Waals surface area contributed by atoms with Gasteiger partial charge in [-0.25, -0.2) is 4.98 Å². The fraction of sp³-hybridized carbons (Fsp3) is 0. The molecule has 0 aliphatic heterocycles. The van der Waals surface area contributed by atoms with Crippen LogP contribution in [0.15, 0.2) is 30.9 Å². The van der Waals surface area contributed by atoms with E-state index in [-0.39, 0.29) is 0 Å². The van der Waals surface area contributed by atoms with Gasteiger partial charge in [0.05, 0.1) is 6.33 Å². The molecule has 0 saturated carbocycles. The van der Waals surface area contributed by atoms with E-state index in [0.717, 1.165) is 5.00 Å². The van der Waals surface area contributed by atoms with Crippen molar-refractivity contribution in [1.82, 2.24) is 9.55 Å². The van der Waals surface area contributed by atoms with Crippen LogP contribution in [-0.4, -0.2) is 9.55 Å². The van der Waals surface area contributed by atoms with E-state index in [4.69, 9.17) is 0 Å². The number of nitrogens with zero attached hydrogens (tertiary/aromatic N) is 2. The maximum absolute atomic E-state index is 3.93. The first-order valence-corrected chi connectivity index (χ1v) is 3.73. The molecule has 1 radical (unpaired) electrons. The summed E-state index contributed by atoms with van der Waals surface area (Å²) < 4.78 is 1.96. The average molecular weight is 149 g/mol. The molecule has 0 atom stereocenters. The Morgan fingerprint density at radius 3 is 3.20 bits per heavy atom. The van der Waals surface area contributed by atoms with Crippen LogP contribution < -0.4 is 0 Å². The van der Waals surface area contributed by atoms with Gasteiger partial charge in [0.25, 0.3) is 0 Å². The van der Waals surface area contributed by atoms with Crippen molar-refractivity contribution in [2.45, 2.75) is 0 Å². The molecular formula is C7H5N2S. The Kier molecular flexibility index (Phi) is 1.29. The van der Waals surface area contributed by atoms with E-state index >= 15 is 0 Å². The van der Waals surface area contributed by atoms with Crippen LogP contribution in [0.3, 0.4) is 0 Å². The summed E-state index contributed by atoms with van der Waals surface area (Å²) in [5.41, 5.74) is 0. The second-order valence-electron chi connectivity index (χ2n) is 1.86. The summed E-state index contributed by atoms with van der Waals surface area (Å²) in [5, 5.41) is 4.16. The molecule has 2 heterocycles. The highest BCUT2D eigenvalue weighted by Gasteiger charge is 1.92. The van der Waals surface area contributed by atoms with E-state index in [9.17, 15) is 0 Å². The Bertz CT molecular complexity index is 251. The van der Waals surface area contributed by atoms with Gasteiger partial charge in [0.1, 0.15) is 5.00 Å². The third-order valence-corrected chi connectivity index (χ3v) is 2.03. The van der Waals surface area contributed by atoms with Gasteiger partial charge < -0.3 is 0 Å². The van der Waals surface area contributed by atoms with Crippen LogP contribution in [0.1, 0.15) is 0 Å². The lowest BCUT2D eigenvalue weighted by molar-refractivity contribution is 1.09. The lowest BCUT2D eigenvalue weighted by Crippen LogP contribution is -1.82. The van der Waals surface area contributed by atoms with Crippen molar-refractivity contribution in [3.05, 3.63) is 36.2 Å². The molecular weight excluding hydrogens is 144 g/mol. The monoisotopic (exact) mass is 149 g/mol. The zero-order valence-electron chi connectivity index (χ0n) is 5.19. The second kappa shape index (κ2) is 2.27. The first kappa shape index (κ1) is 5.68. The highest BCUT2D eigenvalue weighted by atomic mass is 32.1. The number of imidazole rings is 1. The Hall–Kier alpha value is -1.09. The Morgan fingerprint density at radius 2 is 2.60 bits per heavy atom. The molecule has 0 N–H and O–H groups in total. The third kappa shape index (κ3) is 0.844. The van der Waals surface area contributed by atoms with E-state index in [2.05, 4.69) is 10.4 Å². The van der Waals surface area contributed by atoms with E-state index < -0.39 is 0 Å². The highest BCUT2D eigenvalue weighted by Crippen LogP contribution is 2.12. The van der Waals surface area contributed by atoms with Gasteiger partial charge >= 0.3 is 0 Å². The van der Waals surface area contributed by atoms with Crippen LogP contribution in [0.25, 0.3) is 5.00 Å². The summed E-state index contributed by atoms with van der Waals surface area (Å²) in [6.45, 7) is 0. The molecule has 49 valence electrons. The van der Waals surface area contributed by atoms with Crippen LogP contribution >= 0.6 is 11.3 Å². The normalized spacial score (nSPS) is 10.0. The maximum Gasteiger partial charge on any atom is 0.101 e. The Labute approximate surface area is 62.8 Å². The van der Waals surface area contributed by atoms with Crippen molar-refractivity contribution >= 4 is 11.3 Å². The summed E-state index contributed by atoms with van der Waals surface area (Å²) in [6, 6.07) is 3.91. The van der Waals surface area contributed by atoms with Crippen molar-refractivity contribution in [3.8, 4) is 5.00 Å². The third-order valence-electron chi connectivity index (χ3n) is 1.22. The molecule has 0 bridgehead atoms. The zero-order valence-corrected chi connectivity index (χ0v) is 6.01. The largest absolute Gasteiger partial charge is 0.298 e. The lowest BCUT2D eigenvalue weighted by atomic mass is 10.6. The molecule has 0 unspecified atom stereocenters. The van der Waals surface area contributed by atoms with Crippen molar-refractivity contribution in [2.24, 2.45) is 0 Å². The number of hydrogen-bond acceptors (Lipinski definition) is 2. The topological polar surface area (TPSA) is 17.8 Å². The van der Waals surface area contributed by atoms with Gasteiger partial charge in [-0.05, 0) is 12.1 Å². The standard InChI is InChI=1S/C7H5N2S/c1-2-7(10-5-1)9-4-3-8-6-9/h1-4,6H. The van der Waals surface area contributed by atoms with Crippen LogP contribution in [0.2, 0.25) is 0 Å². The van der Waals surface area contributed by atoms with Crippen LogP contribution in [0.4, 0.5) is 0 Å². The van der Waals surface area contributed by atoms with Crippen molar-refractivity contribution in [1.29, 1.82) is 0 Å². The molecule has 2 rings (SSSR count). The van der Waals surface area contributed by atoms with Crippen LogP contribution in [0.5, 0.6) is 0 Å².